The average Bonchev–Trinajstić information content (AvgIpc) is 2.69. The lowest BCUT2D eigenvalue weighted by molar-refractivity contribution is 0.612. The van der Waals surface area contributed by atoms with Crippen molar-refractivity contribution < 1.29 is 8.42 Å². The van der Waals surface area contributed by atoms with Gasteiger partial charge in [0.15, 0.2) is 0 Å². The molecule has 1 aromatic rings. The van der Waals surface area contributed by atoms with E-state index in [0.29, 0.717) is 12.2 Å². The SMILES string of the molecule is O=S(=O)(Nc1cccc(Br)c1)C1=NCCS1. The predicted octanol–water partition coefficient (Wildman–Crippen LogP) is 2.29. The molecule has 0 atom stereocenters. The Morgan fingerprint density at radius 1 is 1.44 bits per heavy atom. The van der Waals surface area contributed by atoms with Gasteiger partial charge in [-0.2, -0.15) is 8.42 Å². The maximum absolute atomic E-state index is 11.8. The minimum absolute atomic E-state index is 0.174. The molecule has 0 fully saturated rings. The lowest BCUT2D eigenvalue weighted by Gasteiger charge is -2.06. The summed E-state index contributed by atoms with van der Waals surface area (Å²) in [5.41, 5.74) is 0.532. The van der Waals surface area contributed by atoms with Gasteiger partial charge in [-0.15, -0.1) is 0 Å². The summed E-state index contributed by atoms with van der Waals surface area (Å²) in [6, 6.07) is 7.01. The standard InChI is InChI=1S/C9H9BrN2O2S2/c10-7-2-1-3-8(6-7)12-16(13,14)9-11-4-5-15-9/h1-3,6,12H,4-5H2. The largest absolute Gasteiger partial charge is 0.285 e. The number of sulfonamides is 1. The third kappa shape index (κ3) is 2.78. The van der Waals surface area contributed by atoms with E-state index in [-0.39, 0.29) is 4.38 Å². The maximum Gasteiger partial charge on any atom is 0.285 e. The van der Waals surface area contributed by atoms with Gasteiger partial charge in [-0.3, -0.25) is 9.71 Å². The quantitative estimate of drug-likeness (QED) is 0.909. The minimum Gasteiger partial charge on any atom is -0.278 e. The number of halogens is 1. The van der Waals surface area contributed by atoms with Crippen molar-refractivity contribution in [2.45, 2.75) is 0 Å². The Labute approximate surface area is 107 Å². The summed E-state index contributed by atoms with van der Waals surface area (Å²) in [4.78, 5) is 3.94. The van der Waals surface area contributed by atoms with E-state index in [1.165, 1.54) is 11.8 Å². The van der Waals surface area contributed by atoms with E-state index in [1.807, 2.05) is 6.07 Å². The molecular weight excluding hydrogens is 312 g/mol. The average molecular weight is 321 g/mol. The van der Waals surface area contributed by atoms with Crippen LogP contribution in [0.1, 0.15) is 0 Å². The van der Waals surface area contributed by atoms with Gasteiger partial charge in [0.2, 0.25) is 4.38 Å². The number of benzene rings is 1. The molecule has 0 saturated heterocycles. The van der Waals surface area contributed by atoms with Crippen molar-refractivity contribution in [3.8, 4) is 0 Å². The van der Waals surface area contributed by atoms with Crippen LogP contribution in [0.15, 0.2) is 33.7 Å². The van der Waals surface area contributed by atoms with Crippen LogP contribution in [0.5, 0.6) is 0 Å². The van der Waals surface area contributed by atoms with E-state index < -0.39 is 10.0 Å². The van der Waals surface area contributed by atoms with E-state index in [0.717, 1.165) is 10.2 Å². The molecule has 4 nitrogen and oxygen atoms in total. The van der Waals surface area contributed by atoms with Crippen LogP contribution in [0.3, 0.4) is 0 Å². The second-order valence-electron chi connectivity index (χ2n) is 3.11. The highest BCUT2D eigenvalue weighted by molar-refractivity contribution is 9.10. The molecule has 16 heavy (non-hydrogen) atoms. The molecular formula is C9H9BrN2O2S2. The van der Waals surface area contributed by atoms with Gasteiger partial charge in [0.25, 0.3) is 10.0 Å². The fraction of sp³-hybridized carbons (Fsp3) is 0.222. The van der Waals surface area contributed by atoms with E-state index >= 15 is 0 Å². The van der Waals surface area contributed by atoms with Gasteiger partial charge in [-0.1, -0.05) is 33.8 Å². The zero-order valence-electron chi connectivity index (χ0n) is 8.18. The Balaban J connectivity index is 2.21. The van der Waals surface area contributed by atoms with Gasteiger partial charge in [-0.05, 0) is 18.2 Å². The van der Waals surface area contributed by atoms with Gasteiger partial charge >= 0.3 is 0 Å². The van der Waals surface area contributed by atoms with E-state index in [2.05, 4.69) is 25.6 Å². The highest BCUT2D eigenvalue weighted by atomic mass is 79.9. The van der Waals surface area contributed by atoms with Crippen molar-refractivity contribution in [1.29, 1.82) is 0 Å². The zero-order chi connectivity index (χ0) is 11.6. The first kappa shape index (κ1) is 11.9. The Hall–Kier alpha value is -0.530. The molecule has 86 valence electrons. The van der Waals surface area contributed by atoms with Crippen molar-refractivity contribution in [3.05, 3.63) is 28.7 Å². The molecule has 0 unspecified atom stereocenters. The summed E-state index contributed by atoms with van der Waals surface area (Å²) in [5, 5.41) is 0. The molecule has 1 N–H and O–H groups in total. The first-order chi connectivity index (χ1) is 7.58. The fourth-order valence-electron chi connectivity index (χ4n) is 1.23. The van der Waals surface area contributed by atoms with Crippen LogP contribution < -0.4 is 4.72 Å². The van der Waals surface area contributed by atoms with Crippen LogP contribution in [0.4, 0.5) is 5.69 Å². The highest BCUT2D eigenvalue weighted by Gasteiger charge is 2.23. The molecule has 0 amide bonds. The van der Waals surface area contributed by atoms with Crippen LogP contribution in [0, 0.1) is 0 Å². The second-order valence-corrected chi connectivity index (χ2v) is 6.97. The summed E-state index contributed by atoms with van der Waals surface area (Å²) >= 11 is 4.54. The Morgan fingerprint density at radius 2 is 2.25 bits per heavy atom. The summed E-state index contributed by atoms with van der Waals surface area (Å²) in [6.45, 7) is 0.569. The van der Waals surface area contributed by atoms with Crippen molar-refractivity contribution in [1.82, 2.24) is 0 Å². The molecule has 2 rings (SSSR count). The van der Waals surface area contributed by atoms with Crippen molar-refractivity contribution in [2.24, 2.45) is 4.99 Å². The van der Waals surface area contributed by atoms with Crippen LogP contribution in [-0.4, -0.2) is 25.1 Å². The van der Waals surface area contributed by atoms with Crippen molar-refractivity contribution in [2.75, 3.05) is 17.0 Å². The van der Waals surface area contributed by atoms with Crippen LogP contribution in [-0.2, 0) is 10.0 Å². The summed E-state index contributed by atoms with van der Waals surface area (Å²) in [6.07, 6.45) is 0. The number of hydrogen-bond acceptors (Lipinski definition) is 4. The lowest BCUT2D eigenvalue weighted by atomic mass is 10.3. The Morgan fingerprint density at radius 3 is 2.88 bits per heavy atom. The zero-order valence-corrected chi connectivity index (χ0v) is 11.4. The van der Waals surface area contributed by atoms with Gasteiger partial charge < -0.3 is 0 Å². The van der Waals surface area contributed by atoms with Gasteiger partial charge in [0, 0.05) is 10.2 Å². The number of anilines is 1. The molecule has 0 bridgehead atoms. The van der Waals surface area contributed by atoms with Crippen molar-refractivity contribution >= 4 is 47.8 Å². The molecule has 1 heterocycles. The number of hydrogen-bond donors (Lipinski definition) is 1. The molecule has 0 spiro atoms. The molecule has 1 aromatic carbocycles. The smallest absolute Gasteiger partial charge is 0.278 e. The Bertz CT molecular complexity index is 528. The van der Waals surface area contributed by atoms with Crippen LogP contribution in [0.2, 0.25) is 0 Å². The Kier molecular flexibility index (Phi) is 3.56. The second kappa shape index (κ2) is 4.77. The van der Waals surface area contributed by atoms with Gasteiger partial charge in [0.1, 0.15) is 0 Å². The highest BCUT2D eigenvalue weighted by Crippen LogP contribution is 2.21. The number of nitrogens with zero attached hydrogens (tertiary/aromatic N) is 1. The van der Waals surface area contributed by atoms with Crippen molar-refractivity contribution in [3.63, 3.8) is 0 Å². The third-order valence-corrected chi connectivity index (χ3v) is 5.23. The predicted molar refractivity (Wildman–Crippen MR) is 71.4 cm³/mol. The number of nitrogens with one attached hydrogen (secondary N) is 1. The lowest BCUT2D eigenvalue weighted by Crippen LogP contribution is -2.19. The summed E-state index contributed by atoms with van der Waals surface area (Å²) < 4.78 is 27.2. The molecule has 7 heteroatoms. The molecule has 0 saturated carbocycles. The van der Waals surface area contributed by atoms with E-state index in [1.54, 1.807) is 18.2 Å². The first-order valence-corrected chi connectivity index (χ1v) is 7.80. The van der Waals surface area contributed by atoms with Crippen LogP contribution >= 0.6 is 27.7 Å². The first-order valence-electron chi connectivity index (χ1n) is 4.53. The molecule has 0 aliphatic carbocycles. The van der Waals surface area contributed by atoms with Crippen LogP contribution in [0.25, 0.3) is 0 Å². The van der Waals surface area contributed by atoms with E-state index in [4.69, 9.17) is 0 Å². The van der Waals surface area contributed by atoms with E-state index in [9.17, 15) is 8.42 Å². The minimum atomic E-state index is -3.49. The molecule has 1 aliphatic heterocycles. The number of aliphatic imine (C=N–C) groups is 1. The fourth-order valence-corrected chi connectivity index (χ4v) is 3.95. The maximum atomic E-state index is 11.8. The monoisotopic (exact) mass is 320 g/mol. The number of thioether (sulfide) groups is 1. The molecule has 0 aromatic heterocycles. The van der Waals surface area contributed by atoms with Gasteiger partial charge in [-0.25, -0.2) is 0 Å². The molecule has 0 radical (unpaired) electrons. The summed E-state index contributed by atoms with van der Waals surface area (Å²) in [7, 11) is -3.49. The number of rotatable bonds is 2. The topological polar surface area (TPSA) is 58.5 Å². The normalized spacial score (nSPS) is 15.9. The van der Waals surface area contributed by atoms with Gasteiger partial charge in [0.05, 0.1) is 12.2 Å². The molecule has 1 aliphatic rings. The summed E-state index contributed by atoms with van der Waals surface area (Å²) in [5.74, 6) is 0.731. The third-order valence-electron chi connectivity index (χ3n) is 1.86.